The molecular formula is C58H49ClN8O. The Hall–Kier alpha value is -8.14. The van der Waals surface area contributed by atoms with Crippen LogP contribution in [0.3, 0.4) is 0 Å². The molecule has 3 aromatic heterocycles. The number of para-hydroxylation sites is 3. The fourth-order valence-electron chi connectivity index (χ4n) is 10.5. The maximum Gasteiger partial charge on any atom is 0.221 e. The lowest BCUT2D eigenvalue weighted by molar-refractivity contribution is -0.114. The van der Waals surface area contributed by atoms with Gasteiger partial charge in [0.15, 0.2) is 0 Å². The summed E-state index contributed by atoms with van der Waals surface area (Å²) in [5, 5.41) is 2.94. The summed E-state index contributed by atoms with van der Waals surface area (Å²) in [5.74, 6) is -0.113. The van der Waals surface area contributed by atoms with Crippen LogP contribution in [-0.2, 0) is 4.79 Å². The van der Waals surface area contributed by atoms with Crippen molar-refractivity contribution in [3.8, 4) is 11.1 Å². The summed E-state index contributed by atoms with van der Waals surface area (Å²) < 4.78 is 0. The average molecular weight is 910 g/mol. The van der Waals surface area contributed by atoms with Gasteiger partial charge in [0, 0.05) is 115 Å². The lowest BCUT2D eigenvalue weighted by Gasteiger charge is -2.28. The van der Waals surface area contributed by atoms with Gasteiger partial charge in [-0.15, -0.1) is 12.4 Å². The molecule has 9 nitrogen and oxygen atoms in total. The molecule has 68 heavy (non-hydrogen) atoms. The monoisotopic (exact) mass is 908 g/mol. The van der Waals surface area contributed by atoms with E-state index in [-0.39, 0.29) is 18.3 Å². The Morgan fingerprint density at radius 2 is 0.809 bits per heavy atom. The summed E-state index contributed by atoms with van der Waals surface area (Å²) in [7, 11) is 6.48. The topological polar surface area (TPSA) is 96.2 Å². The molecule has 7 aromatic rings. The van der Waals surface area contributed by atoms with Crippen molar-refractivity contribution >= 4 is 122 Å². The molecule has 10 heteroatoms. The van der Waals surface area contributed by atoms with Crippen molar-refractivity contribution in [3.05, 3.63) is 177 Å². The van der Waals surface area contributed by atoms with Crippen LogP contribution in [0.1, 0.15) is 63.1 Å². The Labute approximate surface area is 401 Å². The van der Waals surface area contributed by atoms with E-state index in [1.54, 1.807) is 0 Å². The quantitative estimate of drug-likeness (QED) is 0.159. The van der Waals surface area contributed by atoms with Gasteiger partial charge in [0.25, 0.3) is 0 Å². The van der Waals surface area contributed by atoms with Crippen molar-refractivity contribution in [1.29, 1.82) is 0 Å². The zero-order valence-corrected chi connectivity index (χ0v) is 39.1. The van der Waals surface area contributed by atoms with Gasteiger partial charge in [-0.05, 0) is 136 Å². The zero-order valence-electron chi connectivity index (χ0n) is 38.3. The zero-order chi connectivity index (χ0) is 45.3. The Morgan fingerprint density at radius 1 is 0.471 bits per heavy atom. The molecule has 0 saturated carbocycles. The number of fused-ring (bicyclic) bond motifs is 11. The standard InChI is InChI=1S/C58H48N8O.ClH/c1-35(67)59-43-19-17-36(18-20-43)55-44-21-23-46(60-44)56(40-29-37-11-5-8-14-52(37)64(2)32-40)48-25-27-50(62-48)58(42-31-39-13-7-10-16-54(39)66(4)34-42)51-28-26-49(63-51)57(47-24-22-45(55)61-47)41-30-38-12-6-9-15-53(38)65(3)33-41;/h5-31,60,63H,32-34H2,1-4H3,(H,59,67);1H. The number of hydrogen-bond donors (Lipinski definition) is 3. The normalized spacial score (nSPS) is 14.6. The number of halogens is 1. The highest BCUT2D eigenvalue weighted by Crippen LogP contribution is 2.41. The third kappa shape index (κ3) is 7.41. The molecule has 12 rings (SSSR count). The Bertz CT molecular complexity index is 3500. The number of anilines is 4. The Morgan fingerprint density at radius 3 is 1.18 bits per heavy atom. The van der Waals surface area contributed by atoms with Gasteiger partial charge in [0.1, 0.15) is 0 Å². The number of H-pyrrole nitrogens is 2. The molecule has 5 aliphatic rings. The number of likely N-dealkylation sites (N-methyl/N-ethyl adjacent to an activating group) is 3. The molecule has 4 aromatic carbocycles. The fourth-order valence-corrected chi connectivity index (χ4v) is 10.5. The molecular weight excluding hydrogens is 860 g/mol. The molecule has 5 aliphatic heterocycles. The fraction of sp³-hybridized carbons (Fsp3) is 0.121. The van der Waals surface area contributed by atoms with E-state index in [1.165, 1.54) is 46.2 Å². The summed E-state index contributed by atoms with van der Waals surface area (Å²) in [5.41, 5.74) is 23.7. The number of nitrogens with zero attached hydrogens (tertiary/aromatic N) is 5. The van der Waals surface area contributed by atoms with Crippen LogP contribution in [0.2, 0.25) is 0 Å². The van der Waals surface area contributed by atoms with Crippen molar-refractivity contribution < 1.29 is 4.79 Å². The van der Waals surface area contributed by atoms with Crippen LogP contribution in [0.5, 0.6) is 0 Å². The van der Waals surface area contributed by atoms with Crippen LogP contribution in [-0.4, -0.2) is 66.6 Å². The molecule has 334 valence electrons. The largest absolute Gasteiger partial charge is 0.370 e. The number of aromatic nitrogens is 4. The minimum Gasteiger partial charge on any atom is -0.370 e. The number of nitrogens with one attached hydrogen (secondary N) is 3. The molecule has 8 bridgehead atoms. The number of benzene rings is 4. The molecule has 0 saturated heterocycles. The lowest BCUT2D eigenvalue weighted by atomic mass is 9.96. The summed E-state index contributed by atoms with van der Waals surface area (Å²) in [6.45, 7) is 3.65. The van der Waals surface area contributed by atoms with Crippen LogP contribution in [0.25, 0.3) is 92.4 Å². The summed E-state index contributed by atoms with van der Waals surface area (Å²) in [6, 6.07) is 42.5. The first-order chi connectivity index (χ1) is 32.7. The predicted molar refractivity (Wildman–Crippen MR) is 289 cm³/mol. The van der Waals surface area contributed by atoms with Crippen molar-refractivity contribution in [2.24, 2.45) is 0 Å². The third-order valence-electron chi connectivity index (χ3n) is 13.5. The second-order valence-electron chi connectivity index (χ2n) is 18.0. The molecule has 1 amide bonds. The van der Waals surface area contributed by atoms with Crippen LogP contribution < -0.4 is 20.0 Å². The number of aromatic amines is 2. The van der Waals surface area contributed by atoms with Gasteiger partial charge in [-0.3, -0.25) is 4.79 Å². The van der Waals surface area contributed by atoms with Crippen LogP contribution >= 0.6 is 12.4 Å². The van der Waals surface area contributed by atoms with Gasteiger partial charge in [-0.1, -0.05) is 66.7 Å². The van der Waals surface area contributed by atoms with E-state index in [0.717, 1.165) is 89.5 Å². The van der Waals surface area contributed by atoms with Gasteiger partial charge in [0.05, 0.1) is 22.8 Å². The maximum absolute atomic E-state index is 12.1. The molecule has 0 spiro atoms. The number of rotatable bonds is 5. The molecule has 0 radical (unpaired) electrons. The van der Waals surface area contributed by atoms with Gasteiger partial charge >= 0.3 is 0 Å². The van der Waals surface area contributed by atoms with Crippen LogP contribution in [0.4, 0.5) is 22.7 Å². The second-order valence-corrected chi connectivity index (χ2v) is 18.0. The number of hydrogen-bond acceptors (Lipinski definition) is 6. The van der Waals surface area contributed by atoms with Gasteiger partial charge in [-0.2, -0.15) is 0 Å². The van der Waals surface area contributed by atoms with Crippen LogP contribution in [0.15, 0.2) is 121 Å². The highest BCUT2D eigenvalue weighted by molar-refractivity contribution is 6.04. The minimum atomic E-state index is -0.113. The first-order valence-corrected chi connectivity index (χ1v) is 22.8. The van der Waals surface area contributed by atoms with Gasteiger partial charge in [0.2, 0.25) is 5.91 Å². The summed E-state index contributed by atoms with van der Waals surface area (Å²) in [6.07, 6.45) is 15.6. The molecule has 0 aliphatic carbocycles. The summed E-state index contributed by atoms with van der Waals surface area (Å²) in [4.78, 5) is 38.1. The van der Waals surface area contributed by atoms with Gasteiger partial charge in [-0.25, -0.2) is 9.97 Å². The van der Waals surface area contributed by atoms with E-state index < -0.39 is 0 Å². The highest BCUT2D eigenvalue weighted by Gasteiger charge is 2.26. The molecule has 0 fully saturated rings. The summed E-state index contributed by atoms with van der Waals surface area (Å²) >= 11 is 0. The van der Waals surface area contributed by atoms with Crippen molar-refractivity contribution in [2.75, 3.05) is 60.8 Å². The second kappa shape index (κ2) is 16.9. The van der Waals surface area contributed by atoms with Crippen molar-refractivity contribution in [2.45, 2.75) is 6.92 Å². The van der Waals surface area contributed by atoms with E-state index in [0.29, 0.717) is 19.6 Å². The molecule has 0 unspecified atom stereocenters. The van der Waals surface area contributed by atoms with Crippen LogP contribution in [0, 0.1) is 0 Å². The average Bonchev–Trinajstić information content (AvgIpc) is 4.18. The Balaban J connectivity index is 0.00000507. The van der Waals surface area contributed by atoms with E-state index in [2.05, 4.69) is 203 Å². The van der Waals surface area contributed by atoms with Crippen molar-refractivity contribution in [1.82, 2.24) is 19.9 Å². The highest BCUT2D eigenvalue weighted by atomic mass is 35.5. The Kier molecular flexibility index (Phi) is 10.6. The van der Waals surface area contributed by atoms with E-state index in [4.69, 9.17) is 9.97 Å². The number of carbonyl (C=O) groups excluding carboxylic acids is 1. The third-order valence-corrected chi connectivity index (χ3v) is 13.5. The van der Waals surface area contributed by atoms with E-state index >= 15 is 0 Å². The smallest absolute Gasteiger partial charge is 0.221 e. The minimum absolute atomic E-state index is 0. The predicted octanol–water partition coefficient (Wildman–Crippen LogP) is 12.7. The lowest BCUT2D eigenvalue weighted by Crippen LogP contribution is -2.23. The first-order valence-electron chi connectivity index (χ1n) is 22.8. The van der Waals surface area contributed by atoms with E-state index in [9.17, 15) is 4.79 Å². The van der Waals surface area contributed by atoms with E-state index in [1.807, 2.05) is 12.1 Å². The first kappa shape index (κ1) is 42.5. The molecule has 3 N–H and O–H groups in total. The number of amides is 1. The van der Waals surface area contributed by atoms with Crippen molar-refractivity contribution in [3.63, 3.8) is 0 Å². The number of carbonyl (C=O) groups is 1. The maximum atomic E-state index is 12.1. The van der Waals surface area contributed by atoms with Gasteiger partial charge < -0.3 is 30.0 Å². The molecule has 8 heterocycles. The SMILES string of the molecule is CC(=O)Nc1ccc(-c2c3nc(c(C4=Cc5ccccc5N(C)C4)c4ccc([nH]4)c(C4=Cc5ccccc5N(C)C4)c4nc(c(C5=Cc6ccccc6N(C)C5)c5ccc2[nH]5)C=C4)C=C3)cc1.Cl. The molecule has 0 atom stereocenters.